The van der Waals surface area contributed by atoms with Crippen molar-refractivity contribution in [2.75, 3.05) is 0 Å². The van der Waals surface area contributed by atoms with Gasteiger partial charge in [-0.3, -0.25) is 0 Å². The molecule has 0 saturated carbocycles. The highest BCUT2D eigenvalue weighted by atomic mass is 28.3. The highest BCUT2D eigenvalue weighted by Gasteiger charge is 2.46. The van der Waals surface area contributed by atoms with Gasteiger partial charge in [0.15, 0.2) is 8.07 Å². The molecule has 0 bridgehead atoms. The number of hydrogen-bond acceptors (Lipinski definition) is 0. The lowest BCUT2D eigenvalue weighted by Gasteiger charge is -2.39. The van der Waals surface area contributed by atoms with Crippen molar-refractivity contribution in [1.82, 2.24) is 0 Å². The second kappa shape index (κ2) is 11.8. The molecule has 1 heteroatoms. The summed E-state index contributed by atoms with van der Waals surface area (Å²) in [6.07, 6.45) is 13.9. The molecule has 1 aliphatic rings. The number of rotatable bonds is 10. The summed E-state index contributed by atoms with van der Waals surface area (Å²) in [4.78, 5) is 0. The second-order valence-corrected chi connectivity index (χ2v) is 14.9. The molecule has 1 atom stereocenters. The third-order valence-electron chi connectivity index (χ3n) is 8.48. The molecule has 1 unspecified atom stereocenters. The van der Waals surface area contributed by atoms with Crippen LogP contribution >= 0.6 is 0 Å². The molecule has 0 saturated heterocycles. The minimum atomic E-state index is -2.48. The van der Waals surface area contributed by atoms with Crippen LogP contribution in [0.15, 0.2) is 78.4 Å². The van der Waals surface area contributed by atoms with Gasteiger partial charge in [0, 0.05) is 5.54 Å². The van der Waals surface area contributed by atoms with Gasteiger partial charge in [-0.15, -0.1) is 0 Å². The molecule has 0 aliphatic heterocycles. The monoisotopic (exact) mass is 506 g/mol. The first kappa shape index (κ1) is 27.4. The molecule has 194 valence electrons. The lowest BCUT2D eigenvalue weighted by Crippen LogP contribution is -2.69. The van der Waals surface area contributed by atoms with E-state index in [4.69, 9.17) is 0 Å². The van der Waals surface area contributed by atoms with Gasteiger partial charge in [-0.1, -0.05) is 120 Å². The van der Waals surface area contributed by atoms with Crippen LogP contribution in [0.4, 0.5) is 0 Å². The summed E-state index contributed by atoms with van der Waals surface area (Å²) in [6, 6.07) is 22.8. The van der Waals surface area contributed by atoms with E-state index in [1.807, 2.05) is 0 Å². The van der Waals surface area contributed by atoms with Crippen LogP contribution in [0.2, 0.25) is 5.54 Å². The lowest BCUT2D eigenvalue weighted by atomic mass is 10.1. The van der Waals surface area contributed by atoms with Crippen LogP contribution in [0.5, 0.6) is 0 Å². The molecule has 0 nitrogen and oxygen atoms in total. The maximum Gasteiger partial charge on any atom is 0.158 e. The Bertz CT molecular complexity index is 1100. The molecule has 0 radical (unpaired) electrons. The predicted molar refractivity (Wildman–Crippen MR) is 167 cm³/mol. The summed E-state index contributed by atoms with van der Waals surface area (Å²) in [6.45, 7) is 16.1. The smallest absolute Gasteiger partial charge is 0.0791 e. The molecule has 0 N–H and O–H groups in total. The summed E-state index contributed by atoms with van der Waals surface area (Å²) in [7, 11) is -2.48. The molecule has 4 rings (SSSR count). The Kier molecular flexibility index (Phi) is 8.75. The van der Waals surface area contributed by atoms with Crippen molar-refractivity contribution >= 4 is 23.6 Å². The minimum absolute atomic E-state index is 0.401. The number of hydrogen-bond donors (Lipinski definition) is 0. The van der Waals surface area contributed by atoms with E-state index < -0.39 is 8.07 Å². The molecule has 0 heterocycles. The van der Waals surface area contributed by atoms with E-state index in [0.717, 1.165) is 38.5 Å². The van der Waals surface area contributed by atoms with Gasteiger partial charge in [0.25, 0.3) is 0 Å². The maximum absolute atomic E-state index is 2.58. The van der Waals surface area contributed by atoms with Crippen LogP contribution in [-0.4, -0.2) is 8.07 Å². The molecule has 0 amide bonds. The normalized spacial score (nSPS) is 15.3. The standard InChI is InChI=1S/C36H46Si/c1-8-27-17-28(9-2)21-34(20-27)37(33-15-14-26(7)16-33,35-22-29(10-3)18-30(11-4)23-35)36-24-31(12-5)19-32(13-6)25-36/h14-25,33H,8-13H2,1-7H3. The first-order chi connectivity index (χ1) is 17.9. The highest BCUT2D eigenvalue weighted by molar-refractivity contribution is 7.13. The van der Waals surface area contributed by atoms with Gasteiger partial charge < -0.3 is 0 Å². The topological polar surface area (TPSA) is 0 Å². The van der Waals surface area contributed by atoms with E-state index in [1.54, 1.807) is 15.6 Å². The molecule has 0 spiro atoms. The average Bonchev–Trinajstić information content (AvgIpc) is 3.38. The minimum Gasteiger partial charge on any atom is -0.0791 e. The average molecular weight is 507 g/mol. The Morgan fingerprint density at radius 1 is 0.486 bits per heavy atom. The van der Waals surface area contributed by atoms with Gasteiger partial charge in [-0.05, 0) is 94.4 Å². The fourth-order valence-corrected chi connectivity index (χ4v) is 11.7. The van der Waals surface area contributed by atoms with Crippen LogP contribution in [0.1, 0.15) is 81.8 Å². The SMILES string of the molecule is CCc1cc(CC)cc([Si](c2cc(CC)cc(CC)c2)(c2cc(CC)cc(CC)c2)C2C=CC(C)=C2)c1. The zero-order valence-electron chi connectivity index (χ0n) is 24.2. The van der Waals surface area contributed by atoms with Crippen molar-refractivity contribution in [1.29, 1.82) is 0 Å². The van der Waals surface area contributed by atoms with Crippen LogP contribution in [-0.2, 0) is 38.5 Å². The van der Waals surface area contributed by atoms with Crippen molar-refractivity contribution in [2.24, 2.45) is 0 Å². The van der Waals surface area contributed by atoms with Crippen molar-refractivity contribution in [3.05, 3.63) is 112 Å². The largest absolute Gasteiger partial charge is 0.158 e. The van der Waals surface area contributed by atoms with E-state index >= 15 is 0 Å². The first-order valence-electron chi connectivity index (χ1n) is 14.7. The summed E-state index contributed by atoms with van der Waals surface area (Å²) in [5.41, 5.74) is 10.6. The Morgan fingerprint density at radius 3 is 1.00 bits per heavy atom. The third kappa shape index (κ3) is 5.34. The molecule has 0 fully saturated rings. The quantitative estimate of drug-likeness (QED) is 0.198. The van der Waals surface area contributed by atoms with Gasteiger partial charge in [0.2, 0.25) is 0 Å². The Hall–Kier alpha value is -2.64. The summed E-state index contributed by atoms with van der Waals surface area (Å²) in [5.74, 6) is 0. The maximum atomic E-state index is 2.58. The van der Waals surface area contributed by atoms with Gasteiger partial charge in [0.05, 0.1) is 0 Å². The van der Waals surface area contributed by atoms with Crippen molar-refractivity contribution in [2.45, 2.75) is 92.5 Å². The van der Waals surface area contributed by atoms with Crippen molar-refractivity contribution in [3.63, 3.8) is 0 Å². The van der Waals surface area contributed by atoms with Crippen LogP contribution in [0.3, 0.4) is 0 Å². The summed E-state index contributed by atoms with van der Waals surface area (Å²) in [5, 5.41) is 4.74. The number of benzene rings is 3. The Balaban J connectivity index is 2.22. The van der Waals surface area contributed by atoms with Gasteiger partial charge in [0.1, 0.15) is 0 Å². The lowest BCUT2D eigenvalue weighted by molar-refractivity contribution is 1.08. The van der Waals surface area contributed by atoms with E-state index in [2.05, 4.69) is 121 Å². The van der Waals surface area contributed by atoms with E-state index in [9.17, 15) is 0 Å². The van der Waals surface area contributed by atoms with Crippen LogP contribution in [0.25, 0.3) is 0 Å². The third-order valence-corrected chi connectivity index (χ3v) is 13.4. The molecule has 37 heavy (non-hydrogen) atoms. The van der Waals surface area contributed by atoms with Gasteiger partial charge >= 0.3 is 0 Å². The predicted octanol–water partition coefficient (Wildman–Crippen LogP) is 7.42. The Morgan fingerprint density at radius 2 is 0.784 bits per heavy atom. The number of allylic oxidation sites excluding steroid dienone is 4. The molecular weight excluding hydrogens is 460 g/mol. The summed E-state index contributed by atoms with van der Waals surface area (Å²) >= 11 is 0. The highest BCUT2D eigenvalue weighted by Crippen LogP contribution is 2.33. The van der Waals surface area contributed by atoms with Crippen molar-refractivity contribution < 1.29 is 0 Å². The molecule has 1 aliphatic carbocycles. The Labute approximate surface area is 227 Å². The fourth-order valence-electron chi connectivity index (χ4n) is 6.19. The van der Waals surface area contributed by atoms with Gasteiger partial charge in [-0.25, -0.2) is 0 Å². The van der Waals surface area contributed by atoms with Gasteiger partial charge in [-0.2, -0.15) is 0 Å². The molecule has 3 aromatic rings. The molecular formula is C36H46Si. The van der Waals surface area contributed by atoms with Crippen LogP contribution in [0, 0.1) is 0 Å². The summed E-state index contributed by atoms with van der Waals surface area (Å²) < 4.78 is 0. The number of aryl methyl sites for hydroxylation is 6. The molecule has 0 aromatic heterocycles. The van der Waals surface area contributed by atoms with E-state index in [-0.39, 0.29) is 0 Å². The van der Waals surface area contributed by atoms with Crippen molar-refractivity contribution in [3.8, 4) is 0 Å². The zero-order chi connectivity index (χ0) is 26.6. The molecule has 3 aromatic carbocycles. The van der Waals surface area contributed by atoms with Crippen LogP contribution < -0.4 is 15.6 Å². The zero-order valence-corrected chi connectivity index (χ0v) is 25.2. The first-order valence-corrected chi connectivity index (χ1v) is 16.8. The second-order valence-electron chi connectivity index (χ2n) is 10.8. The van der Waals surface area contributed by atoms with E-state index in [1.165, 1.54) is 39.0 Å². The fraction of sp³-hybridized carbons (Fsp3) is 0.389. The van der Waals surface area contributed by atoms with E-state index in [0.29, 0.717) is 5.54 Å².